The Hall–Kier alpha value is -3.30. The highest BCUT2D eigenvalue weighted by atomic mass is 16.6. The molecule has 0 aliphatic rings. The third kappa shape index (κ3) is 5.59. The van der Waals surface area contributed by atoms with E-state index in [0.717, 1.165) is 16.7 Å². The van der Waals surface area contributed by atoms with Gasteiger partial charge >= 0.3 is 5.97 Å². The number of esters is 1. The van der Waals surface area contributed by atoms with Gasteiger partial charge in [-0.05, 0) is 35.7 Å². The van der Waals surface area contributed by atoms with Gasteiger partial charge in [0.1, 0.15) is 12.0 Å². The molecule has 0 aliphatic heterocycles. The molecular weight excluding hydrogens is 346 g/mol. The Labute approximate surface area is 158 Å². The maximum atomic E-state index is 11.7. The largest absolute Gasteiger partial charge is 0.500 e. The maximum absolute atomic E-state index is 11.7. The van der Waals surface area contributed by atoms with E-state index in [2.05, 4.69) is 10.8 Å². The molecule has 2 rings (SSSR count). The van der Waals surface area contributed by atoms with Crippen molar-refractivity contribution in [1.29, 1.82) is 5.26 Å². The predicted molar refractivity (Wildman–Crippen MR) is 98.6 cm³/mol. The van der Waals surface area contributed by atoms with Crippen LogP contribution in [0.1, 0.15) is 22.3 Å². The van der Waals surface area contributed by atoms with Gasteiger partial charge < -0.3 is 18.9 Å². The van der Waals surface area contributed by atoms with E-state index < -0.39 is 5.97 Å². The zero-order chi connectivity index (χ0) is 19.6. The number of methoxy groups -OCH3 is 2. The Bertz CT molecular complexity index is 867. The summed E-state index contributed by atoms with van der Waals surface area (Å²) >= 11 is 0. The number of rotatable bonds is 8. The van der Waals surface area contributed by atoms with Crippen molar-refractivity contribution < 1.29 is 23.7 Å². The van der Waals surface area contributed by atoms with Crippen LogP contribution >= 0.6 is 0 Å². The fraction of sp³-hybridized carbons (Fsp3) is 0.238. The van der Waals surface area contributed by atoms with Gasteiger partial charge in [-0.25, -0.2) is 4.79 Å². The molecule has 0 fully saturated rings. The van der Waals surface area contributed by atoms with E-state index in [-0.39, 0.29) is 5.76 Å². The Morgan fingerprint density at radius 2 is 1.93 bits per heavy atom. The highest BCUT2D eigenvalue weighted by Crippen LogP contribution is 2.23. The lowest BCUT2D eigenvalue weighted by molar-refractivity contribution is -0.138. The Morgan fingerprint density at radius 1 is 1.15 bits per heavy atom. The number of carbonyl (C=O) groups excluding carboxylic acids is 1. The molecule has 6 nitrogen and oxygen atoms in total. The van der Waals surface area contributed by atoms with Crippen LogP contribution in [0, 0.1) is 18.3 Å². The number of nitriles is 1. The Morgan fingerprint density at radius 3 is 2.63 bits per heavy atom. The van der Waals surface area contributed by atoms with Crippen LogP contribution in [-0.4, -0.2) is 20.2 Å². The molecule has 0 aliphatic carbocycles. The summed E-state index contributed by atoms with van der Waals surface area (Å²) in [7, 11) is 2.69. The van der Waals surface area contributed by atoms with Crippen LogP contribution in [0.5, 0.6) is 5.75 Å². The third-order valence-electron chi connectivity index (χ3n) is 3.75. The van der Waals surface area contributed by atoms with Crippen LogP contribution in [0.15, 0.2) is 54.5 Å². The quantitative estimate of drug-likeness (QED) is 0.403. The molecule has 0 atom stereocenters. The highest BCUT2D eigenvalue weighted by molar-refractivity contribution is 5.86. The summed E-state index contributed by atoms with van der Waals surface area (Å²) in [5, 5.41) is 9.12. The van der Waals surface area contributed by atoms with Gasteiger partial charge in [0.2, 0.25) is 5.76 Å². The summed E-state index contributed by atoms with van der Waals surface area (Å²) < 4.78 is 20.9. The second-order valence-corrected chi connectivity index (χ2v) is 5.67. The molecule has 2 aromatic carbocycles. The second-order valence-electron chi connectivity index (χ2n) is 5.67. The van der Waals surface area contributed by atoms with Crippen molar-refractivity contribution in [3.63, 3.8) is 0 Å². The van der Waals surface area contributed by atoms with Gasteiger partial charge in [0.15, 0.2) is 0 Å². The van der Waals surface area contributed by atoms with Gasteiger partial charge in [-0.3, -0.25) is 0 Å². The van der Waals surface area contributed by atoms with Crippen molar-refractivity contribution in [2.24, 2.45) is 0 Å². The van der Waals surface area contributed by atoms with Crippen molar-refractivity contribution in [1.82, 2.24) is 0 Å². The normalized spacial score (nSPS) is 10.8. The van der Waals surface area contributed by atoms with E-state index in [9.17, 15) is 4.79 Å². The molecule has 0 saturated carbocycles. The van der Waals surface area contributed by atoms with E-state index >= 15 is 0 Å². The van der Waals surface area contributed by atoms with Crippen LogP contribution in [-0.2, 0) is 32.2 Å². The van der Waals surface area contributed by atoms with Gasteiger partial charge in [0, 0.05) is 0 Å². The lowest BCUT2D eigenvalue weighted by atomic mass is 10.1. The molecule has 0 unspecified atom stereocenters. The second kappa shape index (κ2) is 10.00. The Balaban J connectivity index is 2.07. The topological polar surface area (TPSA) is 77.8 Å². The number of nitrogens with zero attached hydrogens (tertiary/aromatic N) is 1. The van der Waals surface area contributed by atoms with Gasteiger partial charge in [-0.15, -0.1) is 0 Å². The zero-order valence-electron chi connectivity index (χ0n) is 15.5. The van der Waals surface area contributed by atoms with Crippen LogP contribution in [0.2, 0.25) is 0 Å². The molecular formula is C21H21NO5. The summed E-state index contributed by atoms with van der Waals surface area (Å²) in [4.78, 5) is 11.7. The SMILES string of the molecule is CO/C=C(\Oc1cc(COCc2ccccc2C#N)ccc1C)C(=O)OC. The van der Waals surface area contributed by atoms with Gasteiger partial charge in [-0.2, -0.15) is 5.26 Å². The number of benzene rings is 2. The smallest absolute Gasteiger partial charge is 0.377 e. The average molecular weight is 367 g/mol. The summed E-state index contributed by atoms with van der Waals surface area (Å²) in [5.41, 5.74) is 3.14. The molecule has 0 aromatic heterocycles. The summed E-state index contributed by atoms with van der Waals surface area (Å²) in [6.07, 6.45) is 1.19. The standard InChI is InChI=1S/C21H21NO5/c1-15-8-9-16(10-19(15)27-20(14-24-2)21(23)25-3)12-26-13-18-7-5-4-6-17(18)11-22/h4-10,14H,12-13H2,1-3H3/b20-14-. The molecule has 0 heterocycles. The van der Waals surface area contributed by atoms with E-state index in [0.29, 0.717) is 24.5 Å². The van der Waals surface area contributed by atoms with Crippen molar-refractivity contribution in [2.75, 3.05) is 14.2 Å². The minimum atomic E-state index is -0.633. The van der Waals surface area contributed by atoms with Crippen LogP contribution < -0.4 is 4.74 Å². The lowest BCUT2D eigenvalue weighted by Crippen LogP contribution is -2.12. The molecule has 0 spiro atoms. The number of hydrogen-bond donors (Lipinski definition) is 0. The molecule has 0 bridgehead atoms. The van der Waals surface area contributed by atoms with E-state index in [1.165, 1.54) is 20.5 Å². The van der Waals surface area contributed by atoms with Crippen molar-refractivity contribution >= 4 is 5.97 Å². The van der Waals surface area contributed by atoms with Gasteiger partial charge in [0.05, 0.1) is 39.1 Å². The first-order valence-corrected chi connectivity index (χ1v) is 8.23. The molecule has 140 valence electrons. The van der Waals surface area contributed by atoms with Crippen molar-refractivity contribution in [2.45, 2.75) is 20.1 Å². The molecule has 0 amide bonds. The zero-order valence-corrected chi connectivity index (χ0v) is 15.5. The van der Waals surface area contributed by atoms with Crippen LogP contribution in [0.3, 0.4) is 0 Å². The van der Waals surface area contributed by atoms with E-state index in [1.807, 2.05) is 37.3 Å². The molecule has 2 aromatic rings. The average Bonchev–Trinajstić information content (AvgIpc) is 2.69. The number of carbonyl (C=O) groups is 1. The maximum Gasteiger partial charge on any atom is 0.377 e. The fourth-order valence-electron chi connectivity index (χ4n) is 2.32. The summed E-state index contributed by atoms with van der Waals surface area (Å²) in [6.45, 7) is 2.52. The number of ether oxygens (including phenoxy) is 4. The van der Waals surface area contributed by atoms with Gasteiger partial charge in [-0.1, -0.05) is 30.3 Å². The summed E-state index contributed by atoms with van der Waals surface area (Å²) in [5.74, 6) is -0.183. The first-order valence-electron chi connectivity index (χ1n) is 8.23. The highest BCUT2D eigenvalue weighted by Gasteiger charge is 2.15. The predicted octanol–water partition coefficient (Wildman–Crippen LogP) is 3.62. The fourth-order valence-corrected chi connectivity index (χ4v) is 2.32. The molecule has 0 saturated heterocycles. The molecule has 27 heavy (non-hydrogen) atoms. The third-order valence-corrected chi connectivity index (χ3v) is 3.75. The minimum Gasteiger partial charge on any atom is -0.500 e. The van der Waals surface area contributed by atoms with Crippen molar-refractivity contribution in [3.8, 4) is 11.8 Å². The monoisotopic (exact) mass is 367 g/mol. The minimum absolute atomic E-state index is 0.0517. The first kappa shape index (κ1) is 20.0. The van der Waals surface area contributed by atoms with E-state index in [4.69, 9.17) is 19.5 Å². The first-order chi connectivity index (χ1) is 13.1. The van der Waals surface area contributed by atoms with E-state index in [1.54, 1.807) is 12.1 Å². The van der Waals surface area contributed by atoms with Gasteiger partial charge in [0.25, 0.3) is 0 Å². The van der Waals surface area contributed by atoms with Crippen molar-refractivity contribution in [3.05, 3.63) is 76.7 Å². The molecule has 6 heteroatoms. The number of hydrogen-bond acceptors (Lipinski definition) is 6. The Kier molecular flexibility index (Phi) is 7.41. The number of aryl methyl sites for hydroxylation is 1. The molecule has 0 radical (unpaired) electrons. The summed E-state index contributed by atoms with van der Waals surface area (Å²) in [6, 6.07) is 15.0. The van der Waals surface area contributed by atoms with Crippen LogP contribution in [0.25, 0.3) is 0 Å². The molecule has 0 N–H and O–H groups in total. The lowest BCUT2D eigenvalue weighted by Gasteiger charge is -2.12. The van der Waals surface area contributed by atoms with Crippen LogP contribution in [0.4, 0.5) is 0 Å².